The summed E-state index contributed by atoms with van der Waals surface area (Å²) in [4.78, 5) is 4.56. The third kappa shape index (κ3) is 3.83. The largest absolute Gasteiger partial charge is 0.493 e. The van der Waals surface area contributed by atoms with Crippen molar-refractivity contribution in [2.45, 2.75) is 11.5 Å². The molecule has 0 aliphatic heterocycles. The minimum atomic E-state index is -3.89. The molecule has 5 rings (SSSR count). The lowest BCUT2D eigenvalue weighted by Gasteiger charge is -2.13. The molecular weight excluding hydrogens is 450 g/mol. The Hall–Kier alpha value is -3.70. The third-order valence-electron chi connectivity index (χ3n) is 4.74. The predicted molar refractivity (Wildman–Crippen MR) is 121 cm³/mol. The van der Waals surface area contributed by atoms with E-state index >= 15 is 0 Å². The van der Waals surface area contributed by atoms with Gasteiger partial charge in [0, 0.05) is 18.5 Å². The molecular formula is C21H17N5O4S2. The lowest BCUT2D eigenvalue weighted by atomic mass is 10.3. The minimum absolute atomic E-state index is 0.0618. The summed E-state index contributed by atoms with van der Waals surface area (Å²) in [5.74, 6) is 0.862. The van der Waals surface area contributed by atoms with E-state index in [4.69, 9.17) is 9.47 Å². The number of benzene rings is 2. The number of pyridine rings is 1. The van der Waals surface area contributed by atoms with Crippen molar-refractivity contribution < 1.29 is 17.9 Å². The number of aromatic nitrogens is 4. The maximum atomic E-state index is 13.0. The monoisotopic (exact) mass is 467 g/mol. The van der Waals surface area contributed by atoms with E-state index in [1.54, 1.807) is 30.3 Å². The average Bonchev–Trinajstić information content (AvgIpc) is 3.43. The average molecular weight is 468 g/mol. The van der Waals surface area contributed by atoms with Crippen molar-refractivity contribution in [3.05, 3.63) is 72.7 Å². The van der Waals surface area contributed by atoms with Gasteiger partial charge < -0.3 is 13.9 Å². The molecule has 0 unspecified atom stereocenters. The summed E-state index contributed by atoms with van der Waals surface area (Å²) in [6.45, 7) is 0.193. The maximum Gasteiger partial charge on any atom is 0.264 e. The van der Waals surface area contributed by atoms with Gasteiger partial charge in [-0.25, -0.2) is 13.4 Å². The summed E-state index contributed by atoms with van der Waals surface area (Å²) in [6.07, 6.45) is 3.77. The van der Waals surface area contributed by atoms with E-state index in [2.05, 4.69) is 18.5 Å². The van der Waals surface area contributed by atoms with E-state index in [1.165, 1.54) is 13.2 Å². The van der Waals surface area contributed by atoms with E-state index in [0.29, 0.717) is 28.2 Å². The summed E-state index contributed by atoms with van der Waals surface area (Å²) < 4.78 is 50.0. The molecule has 162 valence electrons. The number of ether oxygens (including phenoxy) is 2. The van der Waals surface area contributed by atoms with Crippen molar-refractivity contribution in [1.82, 2.24) is 18.1 Å². The Kier molecular flexibility index (Phi) is 5.11. The predicted octanol–water partition coefficient (Wildman–Crippen LogP) is 3.73. The first-order chi connectivity index (χ1) is 15.5. The number of fused-ring (bicyclic) bond motifs is 2. The molecule has 0 radical (unpaired) electrons. The maximum absolute atomic E-state index is 13.0. The number of hydrogen-bond donors (Lipinski definition) is 1. The van der Waals surface area contributed by atoms with Crippen LogP contribution in [0, 0.1) is 0 Å². The third-order valence-corrected chi connectivity index (χ3v) is 6.70. The second-order valence-corrected chi connectivity index (χ2v) is 9.03. The molecule has 3 aromatic heterocycles. The molecule has 1 N–H and O–H groups in total. The van der Waals surface area contributed by atoms with Crippen LogP contribution < -0.4 is 14.2 Å². The molecule has 0 saturated carbocycles. The normalized spacial score (nSPS) is 11.7. The summed E-state index contributed by atoms with van der Waals surface area (Å²) in [5.41, 5.74) is 2.74. The Morgan fingerprint density at radius 3 is 2.81 bits per heavy atom. The van der Waals surface area contributed by atoms with Crippen LogP contribution in [0.4, 0.5) is 5.69 Å². The number of sulfonamides is 1. The van der Waals surface area contributed by atoms with Gasteiger partial charge in [0.25, 0.3) is 10.0 Å². The van der Waals surface area contributed by atoms with Gasteiger partial charge in [-0.15, -0.1) is 0 Å². The van der Waals surface area contributed by atoms with Gasteiger partial charge in [-0.2, -0.15) is 8.75 Å². The second-order valence-electron chi connectivity index (χ2n) is 6.85. The summed E-state index contributed by atoms with van der Waals surface area (Å²) in [5, 5.41) is 0. The number of nitrogens with zero attached hydrogens (tertiary/aromatic N) is 4. The molecule has 5 aromatic rings. The molecule has 0 fully saturated rings. The topological polar surface area (TPSA) is 108 Å². The van der Waals surface area contributed by atoms with Crippen LogP contribution in [0.15, 0.2) is 71.9 Å². The molecule has 3 heterocycles. The van der Waals surface area contributed by atoms with Gasteiger partial charge >= 0.3 is 0 Å². The van der Waals surface area contributed by atoms with E-state index in [9.17, 15) is 8.42 Å². The van der Waals surface area contributed by atoms with Gasteiger partial charge in [0.15, 0.2) is 11.5 Å². The molecule has 0 saturated heterocycles. The molecule has 32 heavy (non-hydrogen) atoms. The molecule has 11 heteroatoms. The van der Waals surface area contributed by atoms with Crippen LogP contribution in [0.5, 0.6) is 11.5 Å². The number of anilines is 1. The van der Waals surface area contributed by atoms with Crippen LogP contribution in [0.25, 0.3) is 16.7 Å². The van der Waals surface area contributed by atoms with Gasteiger partial charge in [0.05, 0.1) is 30.2 Å². The van der Waals surface area contributed by atoms with Gasteiger partial charge in [-0.1, -0.05) is 12.1 Å². The summed E-state index contributed by atoms with van der Waals surface area (Å²) >= 11 is 0.966. The van der Waals surface area contributed by atoms with Crippen molar-refractivity contribution in [1.29, 1.82) is 0 Å². The van der Waals surface area contributed by atoms with Gasteiger partial charge in [0.2, 0.25) is 0 Å². The van der Waals surface area contributed by atoms with Gasteiger partial charge in [-0.3, -0.25) is 4.72 Å². The number of imidazole rings is 1. The molecule has 0 aliphatic carbocycles. The lowest BCUT2D eigenvalue weighted by molar-refractivity contribution is 0.281. The molecule has 0 atom stereocenters. The van der Waals surface area contributed by atoms with Crippen molar-refractivity contribution in [3.8, 4) is 11.5 Å². The highest BCUT2D eigenvalue weighted by molar-refractivity contribution is 7.93. The van der Waals surface area contributed by atoms with Crippen molar-refractivity contribution in [3.63, 3.8) is 0 Å². The zero-order valence-corrected chi connectivity index (χ0v) is 18.4. The fourth-order valence-corrected chi connectivity index (χ4v) is 5.09. The summed E-state index contributed by atoms with van der Waals surface area (Å²) in [7, 11) is -2.37. The number of methoxy groups -OCH3 is 1. The van der Waals surface area contributed by atoms with Crippen LogP contribution >= 0.6 is 11.7 Å². The Balaban J connectivity index is 1.40. The van der Waals surface area contributed by atoms with Crippen LogP contribution in [0.3, 0.4) is 0 Å². The minimum Gasteiger partial charge on any atom is -0.493 e. The summed E-state index contributed by atoms with van der Waals surface area (Å²) in [6, 6.07) is 15.4. The molecule has 0 bridgehead atoms. The van der Waals surface area contributed by atoms with Crippen molar-refractivity contribution in [2.75, 3.05) is 11.8 Å². The zero-order chi connectivity index (χ0) is 22.1. The van der Waals surface area contributed by atoms with Crippen molar-refractivity contribution in [2.24, 2.45) is 0 Å². The highest BCUT2D eigenvalue weighted by Crippen LogP contribution is 2.32. The Labute approximate surface area is 187 Å². The fourth-order valence-electron chi connectivity index (χ4n) is 3.27. The van der Waals surface area contributed by atoms with Crippen LogP contribution in [0.2, 0.25) is 0 Å². The highest BCUT2D eigenvalue weighted by atomic mass is 32.2. The van der Waals surface area contributed by atoms with Gasteiger partial charge in [0.1, 0.15) is 28.2 Å². The van der Waals surface area contributed by atoms with E-state index in [-0.39, 0.29) is 11.5 Å². The quantitative estimate of drug-likeness (QED) is 0.389. The Bertz CT molecular complexity index is 1490. The standard InChI is InChI=1S/C21H17N5O4S2/c1-29-17-9-8-14(25-32(27,28)19-6-4-5-16-21(19)24-31-23-16)11-18(17)30-13-15-12-26-10-3-2-7-20(26)22-15/h2-12,25H,13H2,1H3. The first kappa shape index (κ1) is 20.2. The van der Waals surface area contributed by atoms with Crippen molar-refractivity contribution >= 4 is 44.1 Å². The van der Waals surface area contributed by atoms with Crippen LogP contribution in [0.1, 0.15) is 5.69 Å². The molecule has 2 aromatic carbocycles. The first-order valence-electron chi connectivity index (χ1n) is 9.51. The Morgan fingerprint density at radius 2 is 1.97 bits per heavy atom. The fraction of sp³-hybridized carbons (Fsp3) is 0.0952. The smallest absolute Gasteiger partial charge is 0.264 e. The van der Waals surface area contributed by atoms with E-state index in [1.807, 2.05) is 35.0 Å². The molecule has 9 nitrogen and oxygen atoms in total. The van der Waals surface area contributed by atoms with Gasteiger partial charge in [-0.05, 0) is 36.4 Å². The van der Waals surface area contributed by atoms with E-state index < -0.39 is 10.0 Å². The lowest BCUT2D eigenvalue weighted by Crippen LogP contribution is -2.13. The van der Waals surface area contributed by atoms with E-state index in [0.717, 1.165) is 23.1 Å². The van der Waals surface area contributed by atoms with Crippen LogP contribution in [-0.4, -0.2) is 33.7 Å². The molecule has 0 aliphatic rings. The van der Waals surface area contributed by atoms with Crippen LogP contribution in [-0.2, 0) is 16.6 Å². The molecule has 0 amide bonds. The number of hydrogen-bond acceptors (Lipinski definition) is 8. The number of rotatable bonds is 7. The second kappa shape index (κ2) is 8.09. The first-order valence-corrected chi connectivity index (χ1v) is 11.7. The SMILES string of the molecule is COc1ccc(NS(=O)(=O)c2cccc3nsnc23)cc1OCc1cn2ccccc2n1. The Morgan fingerprint density at radius 1 is 1.06 bits per heavy atom. The molecule has 0 spiro atoms. The zero-order valence-electron chi connectivity index (χ0n) is 16.8. The highest BCUT2D eigenvalue weighted by Gasteiger charge is 2.20. The number of nitrogens with one attached hydrogen (secondary N) is 1.